The van der Waals surface area contributed by atoms with E-state index in [0.29, 0.717) is 44.8 Å². The zero-order chi connectivity index (χ0) is 26.5. The van der Waals surface area contributed by atoms with Gasteiger partial charge in [0.2, 0.25) is 15.9 Å². The molecule has 3 rings (SSSR count). The van der Waals surface area contributed by atoms with Gasteiger partial charge in [-0.2, -0.15) is 4.31 Å². The molecule has 0 bridgehead atoms. The van der Waals surface area contributed by atoms with Gasteiger partial charge in [-0.3, -0.25) is 9.59 Å². The third-order valence-electron chi connectivity index (χ3n) is 6.26. The first-order chi connectivity index (χ1) is 17.2. The minimum atomic E-state index is -3.86. The Kier molecular flexibility index (Phi) is 9.09. The Balaban J connectivity index is 1.99. The number of aromatic nitrogens is 2. The van der Waals surface area contributed by atoms with Crippen molar-refractivity contribution < 1.29 is 22.7 Å². The van der Waals surface area contributed by atoms with Gasteiger partial charge < -0.3 is 25.3 Å². The molecule has 198 valence electrons. The Morgan fingerprint density at radius 1 is 1.11 bits per heavy atom. The van der Waals surface area contributed by atoms with E-state index in [4.69, 9.17) is 10.5 Å². The molecule has 2 amide bonds. The lowest BCUT2D eigenvalue weighted by Gasteiger charge is -2.33. The molecule has 0 unspecified atom stereocenters. The van der Waals surface area contributed by atoms with Crippen molar-refractivity contribution in [2.45, 2.75) is 52.0 Å². The molecule has 3 N–H and O–H groups in total. The second-order valence-electron chi connectivity index (χ2n) is 8.52. The number of nitrogens with zero attached hydrogens (tertiary/aromatic N) is 4. The topological polar surface area (TPSA) is 140 Å². The third kappa shape index (κ3) is 5.71. The maximum atomic E-state index is 13.4. The number of hydrogen-bond donors (Lipinski definition) is 2. The van der Waals surface area contributed by atoms with Gasteiger partial charge >= 0.3 is 0 Å². The summed E-state index contributed by atoms with van der Waals surface area (Å²) in [6, 6.07) is 1.29. The van der Waals surface area contributed by atoms with Crippen LogP contribution in [0, 0.1) is 0 Å². The van der Waals surface area contributed by atoms with Gasteiger partial charge in [-0.25, -0.2) is 13.4 Å². The smallest absolute Gasteiger partial charge is 0.261 e. The second-order valence-corrected chi connectivity index (χ2v) is 10.5. The summed E-state index contributed by atoms with van der Waals surface area (Å²) < 4.78 is 35.5. The lowest BCUT2D eigenvalue weighted by Crippen LogP contribution is -2.48. The molecule has 3 heterocycles. The fourth-order valence-corrected chi connectivity index (χ4v) is 5.74. The predicted octanol–water partition coefficient (Wildman–Crippen LogP) is 1.93. The third-order valence-corrected chi connectivity index (χ3v) is 8.12. The Bertz CT molecular complexity index is 1200. The van der Waals surface area contributed by atoms with Crippen molar-refractivity contribution in [3.63, 3.8) is 0 Å². The number of primary amides is 1. The number of hydrogen-bond acceptors (Lipinski definition) is 7. The molecule has 12 heteroatoms. The highest BCUT2D eigenvalue weighted by Gasteiger charge is 2.30. The highest BCUT2D eigenvalue weighted by atomic mass is 32.2. The fraction of sp³-hybridized carbons (Fsp3) is 0.542. The van der Waals surface area contributed by atoms with E-state index in [1.165, 1.54) is 16.6 Å². The first-order valence-electron chi connectivity index (χ1n) is 12.4. The summed E-state index contributed by atoms with van der Waals surface area (Å²) in [6.45, 7) is 11.4. The first-order valence-corrected chi connectivity index (χ1v) is 13.8. The van der Waals surface area contributed by atoms with Gasteiger partial charge in [0.15, 0.2) is 0 Å². The molecular weight excluding hydrogens is 484 g/mol. The molecule has 1 fully saturated rings. The average molecular weight is 521 g/mol. The van der Waals surface area contributed by atoms with E-state index < -0.39 is 21.8 Å². The Labute approximate surface area is 212 Å². The molecule has 0 atom stereocenters. The van der Waals surface area contributed by atoms with E-state index in [1.807, 2.05) is 25.3 Å². The monoisotopic (exact) mass is 520 g/mol. The van der Waals surface area contributed by atoms with E-state index in [1.54, 1.807) is 13.1 Å². The number of carbonyl (C=O) groups excluding carboxylic acids is 2. The van der Waals surface area contributed by atoms with Crippen LogP contribution in [0.1, 0.15) is 60.5 Å². The number of piperazine rings is 1. The number of amides is 2. The molecule has 0 saturated carbocycles. The molecule has 1 aliphatic rings. The van der Waals surface area contributed by atoms with Crippen LogP contribution in [0.3, 0.4) is 0 Å². The summed E-state index contributed by atoms with van der Waals surface area (Å²) in [5.41, 5.74) is 6.82. The SMILES string of the molecule is CCCn1cc(C(N)=O)c(NC(=O)c2cc(S(=O)(=O)N3CCN(CC)CC3)cnc2OCC)c1CC. The quantitative estimate of drug-likeness (QED) is 0.461. The van der Waals surface area contributed by atoms with Gasteiger partial charge in [-0.15, -0.1) is 0 Å². The summed E-state index contributed by atoms with van der Waals surface area (Å²) in [7, 11) is -3.86. The van der Waals surface area contributed by atoms with Crippen molar-refractivity contribution in [3.05, 3.63) is 35.3 Å². The van der Waals surface area contributed by atoms with Crippen LogP contribution in [0.2, 0.25) is 0 Å². The van der Waals surface area contributed by atoms with Crippen molar-refractivity contribution in [2.24, 2.45) is 5.73 Å². The zero-order valence-corrected chi connectivity index (χ0v) is 22.2. The van der Waals surface area contributed by atoms with Crippen molar-refractivity contribution >= 4 is 27.5 Å². The van der Waals surface area contributed by atoms with Crippen LogP contribution in [-0.2, 0) is 23.0 Å². The molecule has 0 spiro atoms. The molecule has 1 saturated heterocycles. The van der Waals surface area contributed by atoms with Gasteiger partial charge in [-0.05, 0) is 32.4 Å². The van der Waals surface area contributed by atoms with E-state index in [9.17, 15) is 18.0 Å². The summed E-state index contributed by atoms with van der Waals surface area (Å²) in [6.07, 6.45) is 4.24. The van der Waals surface area contributed by atoms with Crippen LogP contribution in [0.5, 0.6) is 5.88 Å². The Hall–Kier alpha value is -2.96. The van der Waals surface area contributed by atoms with Crippen LogP contribution in [0.15, 0.2) is 23.4 Å². The van der Waals surface area contributed by atoms with Crippen LogP contribution in [0.25, 0.3) is 0 Å². The predicted molar refractivity (Wildman–Crippen MR) is 137 cm³/mol. The minimum absolute atomic E-state index is 0.0106. The maximum absolute atomic E-state index is 13.4. The van der Waals surface area contributed by atoms with E-state index in [2.05, 4.69) is 15.2 Å². The molecule has 36 heavy (non-hydrogen) atoms. The molecular formula is C24H36N6O5S. The van der Waals surface area contributed by atoms with E-state index >= 15 is 0 Å². The van der Waals surface area contributed by atoms with Gasteiger partial charge in [0, 0.05) is 44.6 Å². The first kappa shape index (κ1) is 27.6. The van der Waals surface area contributed by atoms with Crippen LogP contribution in [0.4, 0.5) is 5.69 Å². The molecule has 0 aliphatic carbocycles. The van der Waals surface area contributed by atoms with Crippen LogP contribution < -0.4 is 15.8 Å². The number of nitrogens with one attached hydrogen (secondary N) is 1. The number of ether oxygens (including phenoxy) is 1. The minimum Gasteiger partial charge on any atom is -0.477 e. The summed E-state index contributed by atoms with van der Waals surface area (Å²) in [5.74, 6) is -1.29. The number of pyridine rings is 1. The van der Waals surface area contributed by atoms with Crippen LogP contribution in [-0.4, -0.2) is 78.3 Å². The highest BCUT2D eigenvalue weighted by Crippen LogP contribution is 2.28. The number of rotatable bonds is 11. The van der Waals surface area contributed by atoms with E-state index in [-0.39, 0.29) is 28.5 Å². The summed E-state index contributed by atoms with van der Waals surface area (Å²) >= 11 is 0. The van der Waals surface area contributed by atoms with Crippen molar-refractivity contribution in [2.75, 3.05) is 44.6 Å². The highest BCUT2D eigenvalue weighted by molar-refractivity contribution is 7.89. The molecule has 0 aromatic carbocycles. The normalized spacial score (nSPS) is 15.1. The Morgan fingerprint density at radius 3 is 2.36 bits per heavy atom. The van der Waals surface area contributed by atoms with Gasteiger partial charge in [0.25, 0.3) is 11.8 Å². The van der Waals surface area contributed by atoms with Gasteiger partial charge in [0.05, 0.1) is 24.1 Å². The number of likely N-dealkylation sites (N-methyl/N-ethyl adjacent to an activating group) is 1. The molecule has 2 aromatic rings. The lowest BCUT2D eigenvalue weighted by molar-refractivity contribution is 0.100. The summed E-state index contributed by atoms with van der Waals surface area (Å²) in [4.78, 5) is 31.8. The average Bonchev–Trinajstić information content (AvgIpc) is 3.21. The molecule has 1 aliphatic heterocycles. The maximum Gasteiger partial charge on any atom is 0.261 e. The number of nitrogens with two attached hydrogens (primary N) is 1. The fourth-order valence-electron chi connectivity index (χ4n) is 4.35. The standard InChI is InChI=1S/C24H36N6O5S/c1-5-9-29-16-19(22(25)31)21(20(29)6-2)27-23(32)18-14-17(15-26-24(18)35-8-4)36(33,34)30-12-10-28(7-3)11-13-30/h14-16H,5-13H2,1-4H3,(H2,25,31)(H,27,32). The Morgan fingerprint density at radius 2 is 1.81 bits per heavy atom. The second kappa shape index (κ2) is 11.8. The molecule has 0 radical (unpaired) electrons. The molecule has 2 aromatic heterocycles. The number of sulfonamides is 1. The summed E-state index contributed by atoms with van der Waals surface area (Å²) in [5, 5.41) is 2.78. The van der Waals surface area contributed by atoms with Crippen molar-refractivity contribution in [1.29, 1.82) is 0 Å². The zero-order valence-electron chi connectivity index (χ0n) is 21.4. The van der Waals surface area contributed by atoms with Crippen molar-refractivity contribution in [1.82, 2.24) is 18.8 Å². The number of aryl methyl sites for hydroxylation is 1. The number of anilines is 1. The lowest BCUT2D eigenvalue weighted by atomic mass is 10.2. The van der Waals surface area contributed by atoms with Crippen LogP contribution >= 0.6 is 0 Å². The largest absolute Gasteiger partial charge is 0.477 e. The van der Waals surface area contributed by atoms with Gasteiger partial charge in [0.1, 0.15) is 10.5 Å². The van der Waals surface area contributed by atoms with Gasteiger partial charge in [-0.1, -0.05) is 20.8 Å². The number of carbonyl (C=O) groups is 2. The molecule has 11 nitrogen and oxygen atoms in total. The van der Waals surface area contributed by atoms with E-state index in [0.717, 1.165) is 18.7 Å². The van der Waals surface area contributed by atoms with Crippen molar-refractivity contribution in [3.8, 4) is 5.88 Å².